The molecular formula is C21H30N4O5. The largest absolute Gasteiger partial charge is 0.493 e. The summed E-state index contributed by atoms with van der Waals surface area (Å²) in [6, 6.07) is 5.03. The quantitative estimate of drug-likeness (QED) is 0.625. The Kier molecular flexibility index (Phi) is 6.81. The molecular weight excluding hydrogens is 388 g/mol. The summed E-state index contributed by atoms with van der Waals surface area (Å²) in [5.41, 5.74) is 2.59. The van der Waals surface area contributed by atoms with Gasteiger partial charge >= 0.3 is 6.03 Å². The molecule has 1 saturated heterocycles. The summed E-state index contributed by atoms with van der Waals surface area (Å²) in [5.74, 6) is 0.488. The van der Waals surface area contributed by atoms with Crippen LogP contribution in [0.5, 0.6) is 11.5 Å². The van der Waals surface area contributed by atoms with Crippen molar-refractivity contribution in [3.05, 3.63) is 23.8 Å². The number of rotatable bonds is 8. The molecule has 1 spiro atoms. The lowest BCUT2D eigenvalue weighted by Crippen LogP contribution is -2.52. The van der Waals surface area contributed by atoms with E-state index in [2.05, 4.69) is 10.7 Å². The molecule has 1 aliphatic carbocycles. The van der Waals surface area contributed by atoms with Gasteiger partial charge in [0, 0.05) is 6.54 Å². The Labute approximate surface area is 176 Å². The first-order chi connectivity index (χ1) is 14.4. The number of hydrogen-bond acceptors (Lipinski definition) is 6. The number of imide groups is 1. The fraction of sp³-hybridized carbons (Fsp3) is 0.571. The van der Waals surface area contributed by atoms with Crippen molar-refractivity contribution in [3.63, 3.8) is 0 Å². The van der Waals surface area contributed by atoms with Crippen LogP contribution in [0.2, 0.25) is 0 Å². The van der Waals surface area contributed by atoms with Gasteiger partial charge < -0.3 is 14.8 Å². The maximum absolute atomic E-state index is 12.8. The molecule has 2 aliphatic rings. The minimum Gasteiger partial charge on any atom is -0.493 e. The third kappa shape index (κ3) is 4.51. The highest BCUT2D eigenvalue weighted by atomic mass is 16.5. The van der Waals surface area contributed by atoms with Gasteiger partial charge in [0.05, 0.1) is 20.8 Å². The lowest BCUT2D eigenvalue weighted by Gasteiger charge is -2.30. The van der Waals surface area contributed by atoms with Gasteiger partial charge in [-0.15, -0.1) is 0 Å². The standard InChI is InChI=1S/C21H30N4O5/c1-4-24(13-15-8-9-16(29-2)17(12-15)30-3)14-18(26)23-25-19(27)21(22-20(25)28)10-6-5-7-11-21/h8-9,12H,4-7,10-11,13-14H2,1-3H3,(H,22,28)(H,23,26). The molecule has 1 aliphatic heterocycles. The van der Waals surface area contributed by atoms with E-state index in [0.717, 1.165) is 29.8 Å². The lowest BCUT2D eigenvalue weighted by atomic mass is 9.82. The average Bonchev–Trinajstić information content (AvgIpc) is 2.97. The highest BCUT2D eigenvalue weighted by Gasteiger charge is 2.52. The molecule has 0 aromatic heterocycles. The summed E-state index contributed by atoms with van der Waals surface area (Å²) in [5, 5.41) is 3.63. The molecule has 3 rings (SSSR count). The van der Waals surface area contributed by atoms with Gasteiger partial charge in [-0.25, -0.2) is 4.79 Å². The molecule has 0 unspecified atom stereocenters. The Morgan fingerprint density at radius 3 is 2.50 bits per heavy atom. The molecule has 1 aromatic rings. The van der Waals surface area contributed by atoms with Crippen LogP contribution in [0.1, 0.15) is 44.6 Å². The Balaban J connectivity index is 1.60. The Hall–Kier alpha value is -2.81. The number of carbonyl (C=O) groups is 3. The molecule has 0 atom stereocenters. The van der Waals surface area contributed by atoms with Crippen LogP contribution in [0.3, 0.4) is 0 Å². The second-order valence-corrected chi connectivity index (χ2v) is 7.74. The molecule has 0 radical (unpaired) electrons. The van der Waals surface area contributed by atoms with E-state index in [1.165, 1.54) is 0 Å². The Morgan fingerprint density at radius 1 is 1.17 bits per heavy atom. The van der Waals surface area contributed by atoms with Crippen LogP contribution < -0.4 is 20.2 Å². The first-order valence-corrected chi connectivity index (χ1v) is 10.3. The van der Waals surface area contributed by atoms with Crippen LogP contribution in [0, 0.1) is 0 Å². The first kappa shape index (κ1) is 21.9. The van der Waals surface area contributed by atoms with Gasteiger partial charge in [-0.2, -0.15) is 5.01 Å². The van der Waals surface area contributed by atoms with Crippen molar-refractivity contribution >= 4 is 17.8 Å². The zero-order chi connectivity index (χ0) is 21.7. The topological polar surface area (TPSA) is 100 Å². The number of ether oxygens (including phenoxy) is 2. The van der Waals surface area contributed by atoms with E-state index in [0.29, 0.717) is 37.4 Å². The third-order valence-corrected chi connectivity index (χ3v) is 5.77. The van der Waals surface area contributed by atoms with Crippen LogP contribution >= 0.6 is 0 Å². The second kappa shape index (κ2) is 9.34. The van der Waals surface area contributed by atoms with E-state index in [1.54, 1.807) is 14.2 Å². The van der Waals surface area contributed by atoms with Gasteiger partial charge in [-0.05, 0) is 37.1 Å². The van der Waals surface area contributed by atoms with E-state index in [1.807, 2.05) is 30.0 Å². The van der Waals surface area contributed by atoms with Crippen LogP contribution in [-0.2, 0) is 16.1 Å². The molecule has 0 bridgehead atoms. The summed E-state index contributed by atoms with van der Waals surface area (Å²) in [6.07, 6.45) is 4.07. The number of amides is 4. The average molecular weight is 418 g/mol. The smallest absolute Gasteiger partial charge is 0.344 e. The van der Waals surface area contributed by atoms with Crippen molar-refractivity contribution in [1.29, 1.82) is 0 Å². The van der Waals surface area contributed by atoms with Gasteiger partial charge in [0.15, 0.2) is 11.5 Å². The number of benzene rings is 1. The predicted octanol–water partition coefficient (Wildman–Crippen LogP) is 1.81. The van der Waals surface area contributed by atoms with Crippen molar-refractivity contribution < 1.29 is 23.9 Å². The number of hydrogen-bond donors (Lipinski definition) is 2. The van der Waals surface area contributed by atoms with Gasteiger partial charge in [0.1, 0.15) is 5.54 Å². The number of nitrogens with one attached hydrogen (secondary N) is 2. The normalized spacial score (nSPS) is 17.9. The van der Waals surface area contributed by atoms with Crippen molar-refractivity contribution in [2.24, 2.45) is 0 Å². The van der Waals surface area contributed by atoms with E-state index in [4.69, 9.17) is 9.47 Å². The predicted molar refractivity (Wildman–Crippen MR) is 110 cm³/mol. The van der Waals surface area contributed by atoms with Gasteiger partial charge in [0.25, 0.3) is 11.8 Å². The minimum absolute atomic E-state index is 0.0505. The molecule has 1 saturated carbocycles. The van der Waals surface area contributed by atoms with E-state index in [9.17, 15) is 14.4 Å². The molecule has 9 heteroatoms. The second-order valence-electron chi connectivity index (χ2n) is 7.74. The first-order valence-electron chi connectivity index (χ1n) is 10.3. The summed E-state index contributed by atoms with van der Waals surface area (Å²) in [4.78, 5) is 39.6. The number of methoxy groups -OCH3 is 2. The zero-order valence-corrected chi connectivity index (χ0v) is 17.8. The molecule has 164 valence electrons. The number of hydrazine groups is 1. The monoisotopic (exact) mass is 418 g/mol. The maximum atomic E-state index is 12.8. The molecule has 1 aromatic carbocycles. The molecule has 1 heterocycles. The molecule has 2 N–H and O–H groups in total. The molecule has 9 nitrogen and oxygen atoms in total. The van der Waals surface area contributed by atoms with Crippen LogP contribution in [0.25, 0.3) is 0 Å². The summed E-state index contributed by atoms with van der Waals surface area (Å²) < 4.78 is 10.6. The Morgan fingerprint density at radius 2 is 1.87 bits per heavy atom. The fourth-order valence-electron chi connectivity index (χ4n) is 4.10. The van der Waals surface area contributed by atoms with Crippen LogP contribution in [0.4, 0.5) is 4.79 Å². The van der Waals surface area contributed by atoms with Gasteiger partial charge in [0.2, 0.25) is 0 Å². The highest BCUT2D eigenvalue weighted by molar-refractivity contribution is 6.08. The minimum atomic E-state index is -0.854. The van der Waals surface area contributed by atoms with E-state index in [-0.39, 0.29) is 12.5 Å². The summed E-state index contributed by atoms with van der Waals surface area (Å²) in [6.45, 7) is 3.12. The summed E-state index contributed by atoms with van der Waals surface area (Å²) >= 11 is 0. The SMILES string of the molecule is CCN(CC(=O)NN1C(=O)NC2(CCCCC2)C1=O)Cc1ccc(OC)c(OC)c1. The number of likely N-dealkylation sites (N-methyl/N-ethyl adjacent to an activating group) is 1. The molecule has 30 heavy (non-hydrogen) atoms. The highest BCUT2D eigenvalue weighted by Crippen LogP contribution is 2.33. The fourth-order valence-corrected chi connectivity index (χ4v) is 4.10. The number of carbonyl (C=O) groups excluding carboxylic acids is 3. The van der Waals surface area contributed by atoms with Crippen LogP contribution in [-0.4, -0.2) is 60.6 Å². The lowest BCUT2D eigenvalue weighted by molar-refractivity contribution is -0.140. The van der Waals surface area contributed by atoms with Gasteiger partial charge in [-0.1, -0.05) is 32.3 Å². The maximum Gasteiger partial charge on any atom is 0.344 e. The van der Waals surface area contributed by atoms with Crippen LogP contribution in [0.15, 0.2) is 18.2 Å². The molecule has 4 amide bonds. The van der Waals surface area contributed by atoms with Crippen molar-refractivity contribution in [3.8, 4) is 11.5 Å². The van der Waals surface area contributed by atoms with E-state index < -0.39 is 17.5 Å². The van der Waals surface area contributed by atoms with Crippen molar-refractivity contribution in [1.82, 2.24) is 20.7 Å². The van der Waals surface area contributed by atoms with Gasteiger partial charge in [-0.3, -0.25) is 19.9 Å². The third-order valence-electron chi connectivity index (χ3n) is 5.77. The zero-order valence-electron chi connectivity index (χ0n) is 17.8. The van der Waals surface area contributed by atoms with E-state index >= 15 is 0 Å². The number of nitrogens with zero attached hydrogens (tertiary/aromatic N) is 2. The number of urea groups is 1. The van der Waals surface area contributed by atoms with Crippen molar-refractivity contribution in [2.45, 2.75) is 51.1 Å². The summed E-state index contributed by atoms with van der Waals surface area (Å²) in [7, 11) is 3.15. The molecule has 2 fully saturated rings. The Bertz CT molecular complexity index is 807. The van der Waals surface area contributed by atoms with Crippen molar-refractivity contribution in [2.75, 3.05) is 27.3 Å².